The predicted molar refractivity (Wildman–Crippen MR) is 78.2 cm³/mol. The number of esters is 1. The minimum Gasteiger partial charge on any atom is -0.463 e. The van der Waals surface area contributed by atoms with Crippen LogP contribution in [0.15, 0.2) is 0 Å². The summed E-state index contributed by atoms with van der Waals surface area (Å²) in [5, 5.41) is 68.4. The van der Waals surface area contributed by atoms with Gasteiger partial charge in [0, 0.05) is 6.92 Å². The second kappa shape index (κ2) is 8.84. The number of carbonyl (C=O) groups is 1. The average molecular weight is 384 g/mol. The Kier molecular flexibility index (Phi) is 7.27. The minimum absolute atomic E-state index is 0.436. The highest BCUT2D eigenvalue weighted by atomic mass is 16.7. The predicted octanol–water partition coefficient (Wildman–Crippen LogP) is -4.83. The Morgan fingerprint density at radius 2 is 1.54 bits per heavy atom. The van der Waals surface area contributed by atoms with Crippen LogP contribution in [0.2, 0.25) is 0 Å². The second-order valence-electron chi connectivity index (χ2n) is 6.15. The summed E-state index contributed by atoms with van der Waals surface area (Å²) in [5.41, 5.74) is 0. The van der Waals surface area contributed by atoms with E-state index >= 15 is 0 Å². The Labute approximate surface area is 148 Å². The molecule has 0 aromatic heterocycles. The van der Waals surface area contributed by atoms with Crippen molar-refractivity contribution in [3.63, 3.8) is 0 Å². The zero-order valence-corrected chi connectivity index (χ0v) is 13.9. The molecule has 2 saturated heterocycles. The summed E-state index contributed by atoms with van der Waals surface area (Å²) in [6.07, 6.45) is -15.8. The van der Waals surface area contributed by atoms with Gasteiger partial charge in [-0.15, -0.1) is 0 Å². The number of rotatable bonds is 5. The molecule has 12 nitrogen and oxygen atoms in total. The lowest BCUT2D eigenvalue weighted by atomic mass is 9.97. The number of hydrogen-bond donors (Lipinski definition) is 7. The summed E-state index contributed by atoms with van der Waals surface area (Å²) in [5.74, 6) is -0.660. The van der Waals surface area contributed by atoms with E-state index in [1.807, 2.05) is 0 Å². The van der Waals surface area contributed by atoms with Crippen LogP contribution in [0.4, 0.5) is 0 Å². The maximum absolute atomic E-state index is 10.9. The van der Waals surface area contributed by atoms with Gasteiger partial charge in [-0.2, -0.15) is 0 Å². The van der Waals surface area contributed by atoms with Crippen molar-refractivity contribution < 1.29 is 59.5 Å². The van der Waals surface area contributed by atoms with E-state index < -0.39 is 80.6 Å². The molecule has 0 aliphatic carbocycles. The molecule has 10 atom stereocenters. The third-order valence-electron chi connectivity index (χ3n) is 4.25. The molecule has 0 amide bonds. The monoisotopic (exact) mass is 384 g/mol. The third kappa shape index (κ3) is 4.48. The van der Waals surface area contributed by atoms with E-state index in [9.17, 15) is 40.5 Å². The van der Waals surface area contributed by atoms with Crippen molar-refractivity contribution in [3.05, 3.63) is 0 Å². The second-order valence-corrected chi connectivity index (χ2v) is 6.15. The summed E-state index contributed by atoms with van der Waals surface area (Å²) >= 11 is 0. The first kappa shape index (κ1) is 21.4. The first-order chi connectivity index (χ1) is 12.2. The smallest absolute Gasteiger partial charge is 0.302 e. The fourth-order valence-electron chi connectivity index (χ4n) is 2.76. The standard InChI is InChI=1S/C14H24O12/c1-4(16)23-3-6-7(17)8(18)11(21)14(25-6)26-12-5(2-15)24-13(22)10(20)9(12)19/h5-15,17-22H,2-3H2,1H3/t5-,6-,7-,8+,9-,10-,11-,12-,13?,14-/m1/s1. The Hall–Kier alpha value is -0.930. The molecule has 1 unspecified atom stereocenters. The fourth-order valence-corrected chi connectivity index (χ4v) is 2.76. The maximum Gasteiger partial charge on any atom is 0.302 e. The molecular formula is C14H24O12. The summed E-state index contributed by atoms with van der Waals surface area (Å²) in [6, 6.07) is 0. The lowest BCUT2D eigenvalue weighted by molar-refractivity contribution is -0.355. The molecule has 0 saturated carbocycles. The zero-order chi connectivity index (χ0) is 19.6. The highest BCUT2D eigenvalue weighted by molar-refractivity contribution is 5.65. The number of ether oxygens (including phenoxy) is 4. The highest BCUT2D eigenvalue weighted by Crippen LogP contribution is 2.28. The van der Waals surface area contributed by atoms with Crippen LogP contribution in [0, 0.1) is 0 Å². The van der Waals surface area contributed by atoms with Gasteiger partial charge in [-0.25, -0.2) is 0 Å². The van der Waals surface area contributed by atoms with E-state index in [0.29, 0.717) is 0 Å². The van der Waals surface area contributed by atoms with Crippen molar-refractivity contribution in [2.75, 3.05) is 13.2 Å². The molecule has 152 valence electrons. The molecule has 26 heavy (non-hydrogen) atoms. The number of aliphatic hydroxyl groups is 7. The van der Waals surface area contributed by atoms with Gasteiger partial charge in [-0.1, -0.05) is 0 Å². The van der Waals surface area contributed by atoms with Crippen molar-refractivity contribution in [2.45, 2.75) is 68.3 Å². The fraction of sp³-hybridized carbons (Fsp3) is 0.929. The topological polar surface area (TPSA) is 196 Å². The van der Waals surface area contributed by atoms with E-state index in [0.717, 1.165) is 6.92 Å². The first-order valence-electron chi connectivity index (χ1n) is 7.96. The number of carbonyl (C=O) groups excluding carboxylic acids is 1. The first-order valence-corrected chi connectivity index (χ1v) is 7.96. The van der Waals surface area contributed by atoms with Gasteiger partial charge in [-0.05, 0) is 0 Å². The molecule has 0 bridgehead atoms. The molecular weight excluding hydrogens is 360 g/mol. The van der Waals surface area contributed by atoms with Crippen molar-refractivity contribution >= 4 is 5.97 Å². The van der Waals surface area contributed by atoms with E-state index in [4.69, 9.17) is 18.9 Å². The Morgan fingerprint density at radius 1 is 0.885 bits per heavy atom. The summed E-state index contributed by atoms with van der Waals surface area (Å²) in [6.45, 7) is -0.00621. The number of aliphatic hydroxyl groups excluding tert-OH is 7. The molecule has 2 rings (SSSR count). The molecule has 7 N–H and O–H groups in total. The summed E-state index contributed by atoms with van der Waals surface area (Å²) in [4.78, 5) is 10.9. The average Bonchev–Trinajstić information content (AvgIpc) is 2.60. The van der Waals surface area contributed by atoms with Gasteiger partial charge in [0.05, 0.1) is 6.61 Å². The van der Waals surface area contributed by atoms with Gasteiger partial charge >= 0.3 is 5.97 Å². The van der Waals surface area contributed by atoms with Crippen molar-refractivity contribution in [1.29, 1.82) is 0 Å². The summed E-state index contributed by atoms with van der Waals surface area (Å²) in [7, 11) is 0. The van der Waals surface area contributed by atoms with Crippen LogP contribution in [0.3, 0.4) is 0 Å². The molecule has 0 aromatic carbocycles. The quantitative estimate of drug-likeness (QED) is 0.224. The van der Waals surface area contributed by atoms with Crippen LogP contribution >= 0.6 is 0 Å². The number of hydrogen-bond acceptors (Lipinski definition) is 12. The van der Waals surface area contributed by atoms with Crippen LogP contribution in [-0.4, -0.2) is 116 Å². The molecule has 0 radical (unpaired) electrons. The molecule has 0 spiro atoms. The van der Waals surface area contributed by atoms with Crippen LogP contribution in [0.1, 0.15) is 6.92 Å². The molecule has 2 aliphatic heterocycles. The van der Waals surface area contributed by atoms with E-state index in [-0.39, 0.29) is 0 Å². The molecule has 0 aromatic rings. The third-order valence-corrected chi connectivity index (χ3v) is 4.25. The zero-order valence-electron chi connectivity index (χ0n) is 13.9. The van der Waals surface area contributed by atoms with Gasteiger partial charge in [0.1, 0.15) is 55.4 Å². The van der Waals surface area contributed by atoms with Gasteiger partial charge < -0.3 is 54.7 Å². The van der Waals surface area contributed by atoms with Gasteiger partial charge in [0.25, 0.3) is 0 Å². The van der Waals surface area contributed by atoms with Crippen molar-refractivity contribution in [3.8, 4) is 0 Å². The molecule has 12 heteroatoms. The largest absolute Gasteiger partial charge is 0.463 e. The van der Waals surface area contributed by atoms with E-state index in [2.05, 4.69) is 0 Å². The van der Waals surface area contributed by atoms with Gasteiger partial charge in [0.15, 0.2) is 12.6 Å². The normalized spacial score (nSPS) is 46.8. The molecule has 2 heterocycles. The van der Waals surface area contributed by atoms with E-state index in [1.165, 1.54) is 0 Å². The summed E-state index contributed by atoms with van der Waals surface area (Å²) < 4.78 is 20.3. The van der Waals surface area contributed by atoms with Crippen LogP contribution in [0.5, 0.6) is 0 Å². The van der Waals surface area contributed by atoms with Gasteiger partial charge in [0.2, 0.25) is 0 Å². The van der Waals surface area contributed by atoms with Gasteiger partial charge in [-0.3, -0.25) is 4.79 Å². The minimum atomic E-state index is -1.76. The lowest BCUT2D eigenvalue weighted by Gasteiger charge is -2.45. The van der Waals surface area contributed by atoms with Crippen molar-refractivity contribution in [1.82, 2.24) is 0 Å². The van der Waals surface area contributed by atoms with E-state index in [1.54, 1.807) is 0 Å². The lowest BCUT2D eigenvalue weighted by Crippen LogP contribution is -2.64. The van der Waals surface area contributed by atoms with Crippen molar-refractivity contribution in [2.24, 2.45) is 0 Å². The van der Waals surface area contributed by atoms with Crippen LogP contribution < -0.4 is 0 Å². The Bertz CT molecular complexity index is 473. The highest BCUT2D eigenvalue weighted by Gasteiger charge is 2.50. The van der Waals surface area contributed by atoms with Crippen LogP contribution in [-0.2, 0) is 23.7 Å². The maximum atomic E-state index is 10.9. The molecule has 2 aliphatic rings. The van der Waals surface area contributed by atoms with Crippen LogP contribution in [0.25, 0.3) is 0 Å². The Balaban J connectivity index is 2.10. The Morgan fingerprint density at radius 3 is 2.12 bits per heavy atom. The SMILES string of the molecule is CC(=O)OC[C@H]1O[C@H](O[C@H]2[C@H](O)[C@@H](O)C(O)O[C@@H]2CO)[C@H](O)[C@@H](O)[C@@H]1O. The molecule has 2 fully saturated rings.